The molecule has 2 heterocycles. The molecule has 0 aromatic heterocycles. The first-order valence-corrected chi connectivity index (χ1v) is 9.35. The van der Waals surface area contributed by atoms with Crippen molar-refractivity contribution in [3.05, 3.63) is 29.3 Å². The Morgan fingerprint density at radius 1 is 1.21 bits per heavy atom. The second-order valence-electron chi connectivity index (χ2n) is 6.62. The number of carbonyl (C=O) groups excluding carboxylic acids is 3. The Bertz CT molecular complexity index is 834. The fourth-order valence-corrected chi connectivity index (χ4v) is 3.40. The van der Waals surface area contributed by atoms with Crippen molar-refractivity contribution >= 4 is 23.4 Å². The van der Waals surface area contributed by atoms with Crippen LogP contribution < -0.4 is 10.6 Å². The minimum Gasteiger partial charge on any atom is -0.382 e. The molecule has 2 aliphatic heterocycles. The smallest absolute Gasteiger partial charge is 0.264 e. The van der Waals surface area contributed by atoms with E-state index in [4.69, 9.17) is 15.9 Å². The minimum atomic E-state index is -1.28. The summed E-state index contributed by atoms with van der Waals surface area (Å²) >= 11 is 0. The van der Waals surface area contributed by atoms with E-state index in [1.54, 1.807) is 18.2 Å². The van der Waals surface area contributed by atoms with Gasteiger partial charge in [0.15, 0.2) is 0 Å². The second-order valence-corrected chi connectivity index (χ2v) is 6.62. The van der Waals surface area contributed by atoms with Gasteiger partial charge in [0.1, 0.15) is 12.8 Å². The van der Waals surface area contributed by atoms with Gasteiger partial charge < -0.3 is 25.2 Å². The molecule has 1 saturated heterocycles. The molecule has 154 valence electrons. The summed E-state index contributed by atoms with van der Waals surface area (Å²) in [6.07, 6.45) is 4.16. The molecule has 2 unspecified atom stereocenters. The lowest BCUT2D eigenvalue weighted by atomic mass is 10.0. The molecule has 0 saturated carbocycles. The summed E-state index contributed by atoms with van der Waals surface area (Å²) in [5.74, 6) is 1.09. The predicted octanol–water partition coefficient (Wildman–Crippen LogP) is -0.0421. The lowest BCUT2D eigenvalue weighted by Crippen LogP contribution is -2.57. The van der Waals surface area contributed by atoms with Gasteiger partial charge in [0.2, 0.25) is 5.91 Å². The van der Waals surface area contributed by atoms with Crippen LogP contribution in [0.25, 0.3) is 0 Å². The zero-order valence-corrected chi connectivity index (χ0v) is 15.8. The molecule has 0 spiro atoms. The maximum atomic E-state index is 13.0. The quantitative estimate of drug-likeness (QED) is 0.302. The third-order valence-electron chi connectivity index (χ3n) is 4.74. The van der Waals surface area contributed by atoms with Gasteiger partial charge in [0.25, 0.3) is 11.8 Å². The molecule has 1 fully saturated rings. The van der Waals surface area contributed by atoms with Crippen LogP contribution in [0, 0.1) is 12.3 Å². The second kappa shape index (κ2) is 9.52. The Balaban J connectivity index is 1.61. The number of nitrogens with one attached hydrogen (secondary N) is 2. The highest BCUT2D eigenvalue weighted by molar-refractivity contribution is 6.24. The molecule has 3 rings (SSSR count). The summed E-state index contributed by atoms with van der Waals surface area (Å²) < 4.78 is 10.5. The maximum absolute atomic E-state index is 13.0. The summed E-state index contributed by atoms with van der Waals surface area (Å²) in [6.45, 7) is 1.83. The van der Waals surface area contributed by atoms with Gasteiger partial charge in [-0.3, -0.25) is 19.3 Å². The van der Waals surface area contributed by atoms with E-state index in [-0.39, 0.29) is 36.5 Å². The van der Waals surface area contributed by atoms with Crippen molar-refractivity contribution in [3.63, 3.8) is 0 Å². The van der Waals surface area contributed by atoms with E-state index in [0.29, 0.717) is 32.1 Å². The zero-order valence-electron chi connectivity index (χ0n) is 15.8. The predicted molar refractivity (Wildman–Crippen MR) is 103 cm³/mol. The molecular weight excluding hydrogens is 378 g/mol. The molecule has 29 heavy (non-hydrogen) atoms. The fourth-order valence-electron chi connectivity index (χ4n) is 3.40. The van der Waals surface area contributed by atoms with Crippen LogP contribution in [-0.4, -0.2) is 73.0 Å². The molecular formula is C20H23N3O6. The number of carbonyl (C=O) groups is 3. The van der Waals surface area contributed by atoms with E-state index in [9.17, 15) is 19.5 Å². The normalized spacial score (nSPS) is 21.0. The molecule has 0 bridgehead atoms. The molecule has 1 aromatic rings. The van der Waals surface area contributed by atoms with Gasteiger partial charge in [-0.25, -0.2) is 0 Å². The molecule has 0 radical (unpaired) electrons. The monoisotopic (exact) mass is 401 g/mol. The third kappa shape index (κ3) is 4.56. The van der Waals surface area contributed by atoms with Crippen molar-refractivity contribution in [1.29, 1.82) is 0 Å². The van der Waals surface area contributed by atoms with Crippen molar-refractivity contribution in [2.75, 3.05) is 38.3 Å². The Kier molecular flexibility index (Phi) is 6.82. The summed E-state index contributed by atoms with van der Waals surface area (Å²) in [5.41, 5.74) is 1.05. The highest BCUT2D eigenvalue weighted by Gasteiger charge is 2.45. The largest absolute Gasteiger partial charge is 0.382 e. The van der Waals surface area contributed by atoms with Gasteiger partial charge >= 0.3 is 0 Å². The van der Waals surface area contributed by atoms with Gasteiger partial charge in [-0.15, -0.1) is 6.42 Å². The van der Waals surface area contributed by atoms with E-state index in [2.05, 4.69) is 16.6 Å². The van der Waals surface area contributed by atoms with Crippen LogP contribution in [0.2, 0.25) is 0 Å². The topological polar surface area (TPSA) is 117 Å². The van der Waals surface area contributed by atoms with Crippen LogP contribution >= 0.6 is 0 Å². The van der Waals surface area contributed by atoms with Gasteiger partial charge in [-0.05, 0) is 18.6 Å². The van der Waals surface area contributed by atoms with E-state index >= 15 is 0 Å². The standard InChI is InChI=1S/C20H23N3O6/c1-2-9-28-11-12-29-10-8-21-14-5-3-4-13-17(14)20(27)23(19(13)26)15-6-7-16(24)22-18(15)25/h1,3-5,15,18,21,25H,6-12H2,(H,22,24). The van der Waals surface area contributed by atoms with Gasteiger partial charge in [0.05, 0.1) is 37.0 Å². The zero-order chi connectivity index (χ0) is 20.8. The molecule has 9 nitrogen and oxygen atoms in total. The molecule has 2 aliphatic rings. The first kappa shape index (κ1) is 20.8. The van der Waals surface area contributed by atoms with Crippen molar-refractivity contribution in [1.82, 2.24) is 10.2 Å². The first-order chi connectivity index (χ1) is 14.0. The van der Waals surface area contributed by atoms with Gasteiger partial charge in [0, 0.05) is 18.7 Å². The number of fused-ring (bicyclic) bond motifs is 1. The van der Waals surface area contributed by atoms with Crippen LogP contribution in [-0.2, 0) is 14.3 Å². The van der Waals surface area contributed by atoms with E-state index in [0.717, 1.165) is 4.90 Å². The summed E-state index contributed by atoms with van der Waals surface area (Å²) in [6, 6.07) is 4.18. The van der Waals surface area contributed by atoms with Crippen molar-refractivity contribution < 1.29 is 29.0 Å². The number of aliphatic hydroxyl groups excluding tert-OH is 1. The van der Waals surface area contributed by atoms with Crippen LogP contribution in [0.15, 0.2) is 18.2 Å². The number of anilines is 1. The average Bonchev–Trinajstić information content (AvgIpc) is 2.95. The lowest BCUT2D eigenvalue weighted by molar-refractivity contribution is -0.129. The average molecular weight is 401 g/mol. The van der Waals surface area contributed by atoms with Crippen molar-refractivity contribution in [2.24, 2.45) is 0 Å². The van der Waals surface area contributed by atoms with Crippen LogP contribution in [0.3, 0.4) is 0 Å². The number of terminal acetylenes is 1. The molecule has 1 aromatic carbocycles. The van der Waals surface area contributed by atoms with Crippen molar-refractivity contribution in [2.45, 2.75) is 25.1 Å². The molecule has 9 heteroatoms. The van der Waals surface area contributed by atoms with Crippen LogP contribution in [0.1, 0.15) is 33.6 Å². The maximum Gasteiger partial charge on any atom is 0.264 e. The fraction of sp³-hybridized carbons (Fsp3) is 0.450. The first-order valence-electron chi connectivity index (χ1n) is 9.35. The number of rotatable bonds is 9. The Hall–Kier alpha value is -2.93. The number of aliphatic hydroxyl groups is 1. The Labute approximate surface area is 168 Å². The van der Waals surface area contributed by atoms with Crippen molar-refractivity contribution in [3.8, 4) is 12.3 Å². The summed E-state index contributed by atoms with van der Waals surface area (Å²) in [5, 5.41) is 15.6. The van der Waals surface area contributed by atoms with E-state index in [1.807, 2.05) is 0 Å². The third-order valence-corrected chi connectivity index (χ3v) is 4.74. The number of amides is 3. The molecule has 2 atom stereocenters. The Morgan fingerprint density at radius 2 is 2.00 bits per heavy atom. The van der Waals surface area contributed by atoms with E-state index in [1.165, 1.54) is 0 Å². The number of imide groups is 1. The highest BCUT2D eigenvalue weighted by atomic mass is 16.5. The number of ether oxygens (including phenoxy) is 2. The summed E-state index contributed by atoms with van der Waals surface area (Å²) in [4.78, 5) is 38.2. The van der Waals surface area contributed by atoms with E-state index < -0.39 is 24.1 Å². The molecule has 3 amide bonds. The SMILES string of the molecule is C#CCOCCOCCNc1cccc2c1C(=O)N(C1CCC(=O)NC1O)C2=O. The minimum absolute atomic E-state index is 0.142. The number of benzene rings is 1. The van der Waals surface area contributed by atoms with Crippen LogP contribution in [0.4, 0.5) is 5.69 Å². The van der Waals surface area contributed by atoms with Crippen LogP contribution in [0.5, 0.6) is 0 Å². The Morgan fingerprint density at radius 3 is 2.76 bits per heavy atom. The number of hydrogen-bond acceptors (Lipinski definition) is 7. The lowest BCUT2D eigenvalue weighted by Gasteiger charge is -2.33. The highest BCUT2D eigenvalue weighted by Crippen LogP contribution is 2.32. The van der Waals surface area contributed by atoms with Gasteiger partial charge in [-0.1, -0.05) is 12.0 Å². The van der Waals surface area contributed by atoms with Gasteiger partial charge in [-0.2, -0.15) is 0 Å². The molecule has 0 aliphatic carbocycles. The number of hydrogen-bond donors (Lipinski definition) is 3. The molecule has 3 N–H and O–H groups in total. The number of nitrogens with zero attached hydrogens (tertiary/aromatic N) is 1. The summed E-state index contributed by atoms with van der Waals surface area (Å²) in [7, 11) is 0. The number of piperidine rings is 1.